The van der Waals surface area contributed by atoms with Crippen LogP contribution in [0.2, 0.25) is 0 Å². The van der Waals surface area contributed by atoms with Crippen molar-refractivity contribution in [1.82, 2.24) is 0 Å². The maximum absolute atomic E-state index is 6.05. The molecule has 0 saturated heterocycles. The van der Waals surface area contributed by atoms with Gasteiger partial charge in [0.25, 0.3) is 0 Å². The Hall–Kier alpha value is -0.690. The number of alkyl halides is 1. The average Bonchev–Trinajstić information content (AvgIpc) is 2.29. The first-order valence-electron chi connectivity index (χ1n) is 5.85. The second kappa shape index (κ2) is 6.15. The minimum Gasteiger partial charge on any atom is -0.496 e. The molecular weight excluding hydrogens is 220 g/mol. The number of aryl methyl sites for hydroxylation is 2. The lowest BCUT2D eigenvalue weighted by Crippen LogP contribution is -2.04. The quantitative estimate of drug-likeness (QED) is 0.692. The van der Waals surface area contributed by atoms with Crippen LogP contribution in [-0.2, 0) is 0 Å². The third-order valence-corrected chi connectivity index (χ3v) is 3.48. The van der Waals surface area contributed by atoms with Crippen LogP contribution in [0.4, 0.5) is 0 Å². The van der Waals surface area contributed by atoms with Crippen LogP contribution in [0.3, 0.4) is 0 Å². The Morgan fingerprint density at radius 2 is 1.88 bits per heavy atom. The molecule has 90 valence electrons. The Balaban J connectivity index is 3.13. The molecule has 0 N–H and O–H groups in total. The fraction of sp³-hybridized carbons (Fsp3) is 0.571. The molecule has 0 amide bonds. The van der Waals surface area contributed by atoms with Crippen molar-refractivity contribution in [3.05, 3.63) is 28.8 Å². The van der Waals surface area contributed by atoms with Crippen LogP contribution >= 0.6 is 11.6 Å². The molecule has 16 heavy (non-hydrogen) atoms. The van der Waals surface area contributed by atoms with Crippen LogP contribution in [-0.4, -0.2) is 13.0 Å². The van der Waals surface area contributed by atoms with Gasteiger partial charge >= 0.3 is 0 Å². The van der Waals surface area contributed by atoms with Crippen molar-refractivity contribution in [2.24, 2.45) is 0 Å². The Morgan fingerprint density at radius 3 is 2.38 bits per heavy atom. The van der Waals surface area contributed by atoms with E-state index in [1.165, 1.54) is 16.7 Å². The zero-order valence-corrected chi connectivity index (χ0v) is 11.4. The monoisotopic (exact) mass is 240 g/mol. The number of rotatable bonds is 5. The molecule has 2 heteroatoms. The zero-order chi connectivity index (χ0) is 12.1. The molecule has 1 atom stereocenters. The van der Waals surface area contributed by atoms with E-state index >= 15 is 0 Å². The Labute approximate surface area is 104 Å². The van der Waals surface area contributed by atoms with E-state index in [-0.39, 0.29) is 0 Å². The van der Waals surface area contributed by atoms with Gasteiger partial charge in [-0.15, -0.1) is 11.6 Å². The van der Waals surface area contributed by atoms with E-state index in [9.17, 15) is 0 Å². The number of hydrogen-bond donors (Lipinski definition) is 0. The van der Waals surface area contributed by atoms with Crippen LogP contribution in [0.25, 0.3) is 0 Å². The minimum atomic E-state index is 0.404. The Morgan fingerprint density at radius 1 is 1.25 bits per heavy atom. The third-order valence-electron chi connectivity index (χ3n) is 3.11. The summed E-state index contributed by atoms with van der Waals surface area (Å²) in [6, 6.07) is 4.33. The molecule has 1 nitrogen and oxygen atoms in total. The molecule has 0 bridgehead atoms. The van der Waals surface area contributed by atoms with Crippen molar-refractivity contribution in [2.45, 2.75) is 39.5 Å². The van der Waals surface area contributed by atoms with E-state index in [2.05, 4.69) is 32.9 Å². The lowest BCUT2D eigenvalue weighted by atomic mass is 9.92. The second-order valence-corrected chi connectivity index (χ2v) is 4.63. The summed E-state index contributed by atoms with van der Waals surface area (Å²) < 4.78 is 5.45. The van der Waals surface area contributed by atoms with Gasteiger partial charge in [-0.25, -0.2) is 0 Å². The van der Waals surface area contributed by atoms with E-state index < -0.39 is 0 Å². The Kier molecular flexibility index (Phi) is 5.14. The molecule has 0 fully saturated rings. The molecule has 0 aliphatic carbocycles. The summed E-state index contributed by atoms with van der Waals surface area (Å²) in [7, 11) is 1.73. The predicted octanol–water partition coefficient (Wildman–Crippen LogP) is 4.43. The highest BCUT2D eigenvalue weighted by Crippen LogP contribution is 2.33. The zero-order valence-electron chi connectivity index (χ0n) is 10.6. The van der Waals surface area contributed by atoms with Gasteiger partial charge in [-0.2, -0.15) is 0 Å². The molecule has 0 radical (unpaired) electrons. The molecule has 1 rings (SSSR count). The molecule has 1 unspecified atom stereocenters. The summed E-state index contributed by atoms with van der Waals surface area (Å²) in [5.74, 6) is 2.04. The molecule has 0 aliphatic rings. The fourth-order valence-corrected chi connectivity index (χ4v) is 2.29. The first kappa shape index (κ1) is 13.4. The number of halogens is 1. The number of benzene rings is 1. The van der Waals surface area contributed by atoms with E-state index in [4.69, 9.17) is 16.3 Å². The first-order valence-corrected chi connectivity index (χ1v) is 6.38. The topological polar surface area (TPSA) is 9.23 Å². The van der Waals surface area contributed by atoms with Gasteiger partial charge in [-0.05, 0) is 43.0 Å². The smallest absolute Gasteiger partial charge is 0.122 e. The van der Waals surface area contributed by atoms with Crippen LogP contribution in [0, 0.1) is 13.8 Å². The largest absolute Gasteiger partial charge is 0.496 e. The summed E-state index contributed by atoms with van der Waals surface area (Å²) in [6.07, 6.45) is 2.26. The molecular formula is C14H21ClO. The third kappa shape index (κ3) is 2.91. The molecule has 0 aromatic heterocycles. The van der Waals surface area contributed by atoms with E-state index in [0.717, 1.165) is 18.6 Å². The highest BCUT2D eigenvalue weighted by molar-refractivity contribution is 6.18. The number of methoxy groups -OCH3 is 1. The van der Waals surface area contributed by atoms with Gasteiger partial charge in [0, 0.05) is 11.8 Å². The SMILES string of the molecule is CCCC(CCl)c1cc(C)c(C)cc1OC. The van der Waals surface area contributed by atoms with Crippen molar-refractivity contribution >= 4 is 11.6 Å². The number of ether oxygens (including phenoxy) is 1. The second-order valence-electron chi connectivity index (χ2n) is 4.32. The normalized spacial score (nSPS) is 12.6. The van der Waals surface area contributed by atoms with Crippen molar-refractivity contribution < 1.29 is 4.74 Å². The van der Waals surface area contributed by atoms with Crippen LogP contribution in [0.1, 0.15) is 42.4 Å². The maximum atomic E-state index is 6.05. The fourth-order valence-electron chi connectivity index (χ4n) is 1.97. The maximum Gasteiger partial charge on any atom is 0.122 e. The molecule has 1 aromatic carbocycles. The summed E-state index contributed by atoms with van der Waals surface area (Å²) in [4.78, 5) is 0. The standard InChI is InChI=1S/C14H21ClO/c1-5-6-12(9-15)13-7-10(2)11(3)8-14(13)16-4/h7-8,12H,5-6,9H2,1-4H3. The highest BCUT2D eigenvalue weighted by Gasteiger charge is 2.15. The molecule has 1 aromatic rings. The Bertz CT molecular complexity index is 347. The van der Waals surface area contributed by atoms with Gasteiger partial charge in [0.2, 0.25) is 0 Å². The van der Waals surface area contributed by atoms with Gasteiger partial charge in [-0.3, -0.25) is 0 Å². The van der Waals surface area contributed by atoms with Crippen molar-refractivity contribution in [2.75, 3.05) is 13.0 Å². The summed E-state index contributed by atoms with van der Waals surface area (Å²) in [5.41, 5.74) is 3.83. The predicted molar refractivity (Wildman–Crippen MR) is 70.8 cm³/mol. The van der Waals surface area contributed by atoms with E-state index in [0.29, 0.717) is 11.8 Å². The first-order chi connectivity index (χ1) is 7.63. The van der Waals surface area contributed by atoms with Gasteiger partial charge < -0.3 is 4.74 Å². The number of hydrogen-bond acceptors (Lipinski definition) is 1. The van der Waals surface area contributed by atoms with E-state index in [1.54, 1.807) is 7.11 Å². The summed E-state index contributed by atoms with van der Waals surface area (Å²) in [6.45, 7) is 6.43. The highest BCUT2D eigenvalue weighted by atomic mass is 35.5. The van der Waals surface area contributed by atoms with Gasteiger partial charge in [-0.1, -0.05) is 19.4 Å². The van der Waals surface area contributed by atoms with Crippen molar-refractivity contribution in [1.29, 1.82) is 0 Å². The van der Waals surface area contributed by atoms with Crippen LogP contribution < -0.4 is 4.74 Å². The summed E-state index contributed by atoms with van der Waals surface area (Å²) in [5, 5.41) is 0. The van der Waals surface area contributed by atoms with Gasteiger partial charge in [0.05, 0.1) is 7.11 Å². The van der Waals surface area contributed by atoms with E-state index in [1.807, 2.05) is 0 Å². The summed E-state index contributed by atoms with van der Waals surface area (Å²) >= 11 is 6.05. The molecule has 0 aliphatic heterocycles. The van der Waals surface area contributed by atoms with Crippen molar-refractivity contribution in [3.63, 3.8) is 0 Å². The lowest BCUT2D eigenvalue weighted by molar-refractivity contribution is 0.405. The van der Waals surface area contributed by atoms with Crippen LogP contribution in [0.5, 0.6) is 5.75 Å². The lowest BCUT2D eigenvalue weighted by Gasteiger charge is -2.18. The molecule has 0 spiro atoms. The van der Waals surface area contributed by atoms with Crippen LogP contribution in [0.15, 0.2) is 12.1 Å². The van der Waals surface area contributed by atoms with Crippen molar-refractivity contribution in [3.8, 4) is 5.75 Å². The molecule has 0 heterocycles. The minimum absolute atomic E-state index is 0.404. The average molecular weight is 241 g/mol. The van der Waals surface area contributed by atoms with Gasteiger partial charge in [0.15, 0.2) is 0 Å². The molecule has 0 saturated carbocycles. The van der Waals surface area contributed by atoms with Gasteiger partial charge in [0.1, 0.15) is 5.75 Å².